The smallest absolute Gasteiger partial charge is 0.0454 e. The third-order valence-corrected chi connectivity index (χ3v) is 4.40. The summed E-state index contributed by atoms with van der Waals surface area (Å²) < 4.78 is 0. The van der Waals surface area contributed by atoms with Gasteiger partial charge in [0.05, 0.1) is 0 Å². The van der Waals surface area contributed by atoms with Crippen molar-refractivity contribution < 1.29 is 0 Å². The third-order valence-electron chi connectivity index (χ3n) is 4.40. The highest BCUT2D eigenvalue weighted by atomic mass is 14.9. The van der Waals surface area contributed by atoms with Gasteiger partial charge in [-0.05, 0) is 53.5 Å². The Bertz CT molecular complexity index is 725. The van der Waals surface area contributed by atoms with Gasteiger partial charge in [0.1, 0.15) is 0 Å². The maximum Gasteiger partial charge on any atom is 0.0454 e. The number of benzene rings is 2. The molecule has 1 fully saturated rings. The van der Waals surface area contributed by atoms with Gasteiger partial charge in [0, 0.05) is 24.3 Å². The number of hydrogen-bond acceptors (Lipinski definition) is 1. The molecule has 2 aromatic carbocycles. The molecule has 2 nitrogen and oxygen atoms in total. The molecule has 3 aromatic rings. The van der Waals surface area contributed by atoms with Gasteiger partial charge in [-0.1, -0.05) is 36.4 Å². The van der Waals surface area contributed by atoms with Crippen LogP contribution in [0.3, 0.4) is 0 Å². The van der Waals surface area contributed by atoms with E-state index in [9.17, 15) is 0 Å². The molecule has 0 saturated heterocycles. The largest absolute Gasteiger partial charge is 0.361 e. The zero-order valence-electron chi connectivity index (χ0n) is 12.0. The molecule has 2 heteroatoms. The van der Waals surface area contributed by atoms with Crippen molar-refractivity contribution in [3.63, 3.8) is 0 Å². The summed E-state index contributed by atoms with van der Waals surface area (Å²) in [5, 5.41) is 5.05. The first kappa shape index (κ1) is 12.7. The summed E-state index contributed by atoms with van der Waals surface area (Å²) in [6, 6.07) is 20.1. The quantitative estimate of drug-likeness (QED) is 0.710. The Hall–Kier alpha value is -2.06. The summed E-state index contributed by atoms with van der Waals surface area (Å²) in [5.41, 5.74) is 3.98. The maximum atomic E-state index is 3.76. The number of aromatic nitrogens is 1. The Labute approximate surface area is 125 Å². The highest BCUT2D eigenvalue weighted by molar-refractivity contribution is 5.79. The number of aromatic amines is 1. The number of nitrogens with one attached hydrogen (secondary N) is 2. The first-order valence-electron chi connectivity index (χ1n) is 7.74. The second-order valence-electron chi connectivity index (χ2n) is 6.01. The highest BCUT2D eigenvalue weighted by Crippen LogP contribution is 2.41. The van der Waals surface area contributed by atoms with Crippen LogP contribution in [0.1, 0.15) is 30.0 Å². The summed E-state index contributed by atoms with van der Waals surface area (Å²) in [4.78, 5) is 3.25. The van der Waals surface area contributed by atoms with E-state index in [0.29, 0.717) is 6.04 Å². The van der Waals surface area contributed by atoms with Crippen molar-refractivity contribution in [2.45, 2.75) is 25.4 Å². The fourth-order valence-electron chi connectivity index (χ4n) is 3.09. The van der Waals surface area contributed by atoms with Crippen LogP contribution in [0.5, 0.6) is 0 Å². The van der Waals surface area contributed by atoms with E-state index in [2.05, 4.69) is 64.9 Å². The lowest BCUT2D eigenvalue weighted by molar-refractivity contribution is 0.480. The summed E-state index contributed by atoms with van der Waals surface area (Å²) in [7, 11) is 0. The Balaban J connectivity index is 1.51. The first-order valence-corrected chi connectivity index (χ1v) is 7.74. The van der Waals surface area contributed by atoms with Gasteiger partial charge in [0.15, 0.2) is 0 Å². The zero-order chi connectivity index (χ0) is 14.1. The molecule has 1 unspecified atom stereocenters. The number of rotatable bonds is 5. The average molecular weight is 276 g/mol. The van der Waals surface area contributed by atoms with Gasteiger partial charge in [-0.3, -0.25) is 0 Å². The van der Waals surface area contributed by atoms with Crippen LogP contribution in [0, 0.1) is 5.92 Å². The number of H-pyrrole nitrogens is 1. The minimum Gasteiger partial charge on any atom is -0.361 e. The lowest BCUT2D eigenvalue weighted by atomic mass is 10.0. The minimum absolute atomic E-state index is 0.494. The molecule has 1 saturated carbocycles. The van der Waals surface area contributed by atoms with Crippen molar-refractivity contribution in [3.8, 4) is 0 Å². The van der Waals surface area contributed by atoms with Crippen molar-refractivity contribution in [1.82, 2.24) is 10.3 Å². The van der Waals surface area contributed by atoms with Crippen LogP contribution >= 0.6 is 0 Å². The van der Waals surface area contributed by atoms with Crippen LogP contribution in [0.2, 0.25) is 0 Å². The molecule has 1 heterocycles. The van der Waals surface area contributed by atoms with Crippen molar-refractivity contribution in [2.24, 2.45) is 5.92 Å². The van der Waals surface area contributed by atoms with Gasteiger partial charge in [-0.15, -0.1) is 0 Å². The lowest BCUT2D eigenvalue weighted by Gasteiger charge is -2.19. The van der Waals surface area contributed by atoms with Gasteiger partial charge < -0.3 is 10.3 Å². The molecule has 1 aliphatic rings. The normalized spacial score (nSPS) is 16.2. The molecule has 21 heavy (non-hydrogen) atoms. The number of hydrogen-bond donors (Lipinski definition) is 2. The molecule has 0 spiro atoms. The van der Waals surface area contributed by atoms with E-state index in [1.165, 1.54) is 34.9 Å². The van der Waals surface area contributed by atoms with Crippen LogP contribution in [-0.4, -0.2) is 4.98 Å². The van der Waals surface area contributed by atoms with Gasteiger partial charge in [0.25, 0.3) is 0 Å². The van der Waals surface area contributed by atoms with Gasteiger partial charge in [0.2, 0.25) is 0 Å². The monoisotopic (exact) mass is 276 g/mol. The Morgan fingerprint density at radius 2 is 1.90 bits per heavy atom. The molecule has 0 radical (unpaired) electrons. The molecule has 0 bridgehead atoms. The van der Waals surface area contributed by atoms with Crippen LogP contribution < -0.4 is 5.32 Å². The fraction of sp³-hybridized carbons (Fsp3) is 0.263. The molecular formula is C19H20N2. The van der Waals surface area contributed by atoms with Crippen LogP contribution in [0.15, 0.2) is 60.8 Å². The van der Waals surface area contributed by atoms with E-state index in [1.54, 1.807) is 0 Å². The summed E-state index contributed by atoms with van der Waals surface area (Å²) in [6.07, 6.45) is 4.70. The second-order valence-corrected chi connectivity index (χ2v) is 6.01. The molecule has 1 aromatic heterocycles. The number of fused-ring (bicyclic) bond motifs is 1. The van der Waals surface area contributed by atoms with Crippen LogP contribution in [-0.2, 0) is 6.54 Å². The van der Waals surface area contributed by atoms with Crippen molar-refractivity contribution in [1.29, 1.82) is 0 Å². The molecule has 2 N–H and O–H groups in total. The van der Waals surface area contributed by atoms with Crippen molar-refractivity contribution in [2.75, 3.05) is 0 Å². The predicted molar refractivity (Wildman–Crippen MR) is 87.0 cm³/mol. The zero-order valence-corrected chi connectivity index (χ0v) is 12.0. The molecule has 0 amide bonds. The van der Waals surface area contributed by atoms with E-state index in [1.807, 2.05) is 6.20 Å². The standard InChI is InChI=1S/C19H20N2/c1-2-4-15(5-3-1)19(16-7-8-16)21-13-14-6-9-18-17(12-14)10-11-20-18/h1-6,9-12,16,19-21H,7-8,13H2. The van der Waals surface area contributed by atoms with Crippen molar-refractivity contribution >= 4 is 10.9 Å². The van der Waals surface area contributed by atoms with Crippen LogP contribution in [0.4, 0.5) is 0 Å². The van der Waals surface area contributed by atoms with E-state index in [4.69, 9.17) is 0 Å². The summed E-state index contributed by atoms with van der Waals surface area (Å²) in [6.45, 7) is 0.928. The van der Waals surface area contributed by atoms with Crippen molar-refractivity contribution in [3.05, 3.63) is 71.9 Å². The van der Waals surface area contributed by atoms with E-state index in [0.717, 1.165) is 12.5 Å². The molecule has 1 atom stereocenters. The lowest BCUT2D eigenvalue weighted by Crippen LogP contribution is -2.22. The van der Waals surface area contributed by atoms with E-state index < -0.39 is 0 Å². The Kier molecular flexibility index (Phi) is 3.24. The second kappa shape index (κ2) is 5.38. The molecule has 4 rings (SSSR count). The van der Waals surface area contributed by atoms with E-state index >= 15 is 0 Å². The minimum atomic E-state index is 0.494. The van der Waals surface area contributed by atoms with Gasteiger partial charge in [-0.2, -0.15) is 0 Å². The Morgan fingerprint density at radius 1 is 1.05 bits per heavy atom. The highest BCUT2D eigenvalue weighted by Gasteiger charge is 2.31. The third kappa shape index (κ3) is 2.72. The van der Waals surface area contributed by atoms with Gasteiger partial charge in [-0.25, -0.2) is 0 Å². The fourth-order valence-corrected chi connectivity index (χ4v) is 3.09. The first-order chi connectivity index (χ1) is 10.4. The maximum absolute atomic E-state index is 3.76. The molecular weight excluding hydrogens is 256 g/mol. The topological polar surface area (TPSA) is 27.8 Å². The average Bonchev–Trinajstić information content (AvgIpc) is 3.25. The summed E-state index contributed by atoms with van der Waals surface area (Å²) in [5.74, 6) is 0.809. The SMILES string of the molecule is c1ccc(C(NCc2ccc3[nH]ccc3c2)C2CC2)cc1. The van der Waals surface area contributed by atoms with Gasteiger partial charge >= 0.3 is 0 Å². The molecule has 106 valence electrons. The summed E-state index contributed by atoms with van der Waals surface area (Å²) >= 11 is 0. The molecule has 1 aliphatic carbocycles. The molecule has 0 aliphatic heterocycles. The predicted octanol–water partition coefficient (Wildman–Crippen LogP) is 4.41. The van der Waals surface area contributed by atoms with E-state index in [-0.39, 0.29) is 0 Å². The van der Waals surface area contributed by atoms with Crippen LogP contribution in [0.25, 0.3) is 10.9 Å². The Morgan fingerprint density at radius 3 is 2.71 bits per heavy atom.